The minimum atomic E-state index is -1.06. The molecule has 0 saturated heterocycles. The van der Waals surface area contributed by atoms with E-state index in [4.69, 9.17) is 9.84 Å². The zero-order chi connectivity index (χ0) is 13.1. The molecule has 0 atom stereocenters. The average Bonchev–Trinajstić information content (AvgIpc) is 2.33. The number of carbonyl (C=O) groups is 1. The quantitative estimate of drug-likeness (QED) is 0.881. The van der Waals surface area contributed by atoms with Gasteiger partial charge in [-0.15, -0.1) is 0 Å². The number of hydrogen-bond acceptors (Lipinski definition) is 3. The molecule has 1 N–H and O–H groups in total. The van der Waals surface area contributed by atoms with Crippen molar-refractivity contribution in [2.45, 2.75) is 0 Å². The lowest BCUT2D eigenvalue weighted by atomic mass is 10.3. The van der Waals surface area contributed by atoms with Crippen LogP contribution in [0.25, 0.3) is 0 Å². The Morgan fingerprint density at radius 2 is 2.00 bits per heavy atom. The van der Waals surface area contributed by atoms with Gasteiger partial charge >= 0.3 is 5.97 Å². The van der Waals surface area contributed by atoms with Gasteiger partial charge in [0.25, 0.3) is 0 Å². The molecular formula is C12H7Br2NO3. The standard InChI is InChI=1S/C12H7Br2NO3/c13-7-1-4-11(9(14)5-7)18-8-2-3-10(12(16)17)15-6-8/h1-6H,(H,16,17). The maximum atomic E-state index is 10.6. The molecule has 0 saturated carbocycles. The van der Waals surface area contributed by atoms with E-state index in [0.29, 0.717) is 11.5 Å². The third-order valence-electron chi connectivity index (χ3n) is 2.08. The molecule has 92 valence electrons. The highest BCUT2D eigenvalue weighted by Gasteiger charge is 2.06. The van der Waals surface area contributed by atoms with E-state index in [1.807, 2.05) is 12.1 Å². The molecule has 4 nitrogen and oxygen atoms in total. The van der Waals surface area contributed by atoms with Gasteiger partial charge in [-0.05, 0) is 46.3 Å². The van der Waals surface area contributed by atoms with Crippen LogP contribution < -0.4 is 4.74 Å². The van der Waals surface area contributed by atoms with Gasteiger partial charge in [-0.1, -0.05) is 15.9 Å². The summed E-state index contributed by atoms with van der Waals surface area (Å²) in [5, 5.41) is 8.72. The first-order chi connectivity index (χ1) is 8.56. The molecule has 0 aliphatic rings. The minimum Gasteiger partial charge on any atom is -0.477 e. The molecular weight excluding hydrogens is 366 g/mol. The SMILES string of the molecule is O=C(O)c1ccc(Oc2ccc(Br)cc2Br)cn1. The number of pyridine rings is 1. The second-order valence-electron chi connectivity index (χ2n) is 3.36. The van der Waals surface area contributed by atoms with Crippen LogP contribution in [0.3, 0.4) is 0 Å². The number of halogens is 2. The van der Waals surface area contributed by atoms with Gasteiger partial charge in [-0.25, -0.2) is 9.78 Å². The molecule has 1 aromatic carbocycles. The lowest BCUT2D eigenvalue weighted by molar-refractivity contribution is 0.0690. The maximum absolute atomic E-state index is 10.6. The van der Waals surface area contributed by atoms with Crippen molar-refractivity contribution < 1.29 is 14.6 Å². The van der Waals surface area contributed by atoms with Crippen LogP contribution in [0.15, 0.2) is 45.5 Å². The fourth-order valence-electron chi connectivity index (χ4n) is 1.25. The minimum absolute atomic E-state index is 0.0165. The molecule has 0 spiro atoms. The van der Waals surface area contributed by atoms with E-state index in [1.54, 1.807) is 12.1 Å². The van der Waals surface area contributed by atoms with E-state index >= 15 is 0 Å². The highest BCUT2D eigenvalue weighted by Crippen LogP contribution is 2.31. The van der Waals surface area contributed by atoms with Gasteiger partial charge in [0.2, 0.25) is 0 Å². The van der Waals surface area contributed by atoms with Gasteiger partial charge in [0, 0.05) is 4.47 Å². The monoisotopic (exact) mass is 371 g/mol. The molecule has 0 fully saturated rings. The molecule has 0 radical (unpaired) electrons. The smallest absolute Gasteiger partial charge is 0.354 e. The second kappa shape index (κ2) is 5.49. The molecule has 1 aromatic heterocycles. The van der Waals surface area contributed by atoms with Crippen LogP contribution in [-0.4, -0.2) is 16.1 Å². The number of hydrogen-bond donors (Lipinski definition) is 1. The first-order valence-corrected chi connectivity index (χ1v) is 6.47. The first-order valence-electron chi connectivity index (χ1n) is 4.88. The Morgan fingerprint density at radius 1 is 1.22 bits per heavy atom. The Morgan fingerprint density at radius 3 is 2.56 bits per heavy atom. The summed E-state index contributed by atoms with van der Waals surface area (Å²) < 4.78 is 7.30. The highest BCUT2D eigenvalue weighted by atomic mass is 79.9. The van der Waals surface area contributed by atoms with Crippen molar-refractivity contribution in [2.75, 3.05) is 0 Å². The molecule has 6 heteroatoms. The maximum Gasteiger partial charge on any atom is 0.354 e. The largest absolute Gasteiger partial charge is 0.477 e. The Hall–Kier alpha value is -1.40. The Kier molecular flexibility index (Phi) is 3.98. The van der Waals surface area contributed by atoms with Crippen molar-refractivity contribution in [3.63, 3.8) is 0 Å². The fraction of sp³-hybridized carbons (Fsp3) is 0. The van der Waals surface area contributed by atoms with E-state index in [0.717, 1.165) is 8.95 Å². The highest BCUT2D eigenvalue weighted by molar-refractivity contribution is 9.11. The zero-order valence-corrected chi connectivity index (χ0v) is 12.1. The second-order valence-corrected chi connectivity index (χ2v) is 5.13. The van der Waals surface area contributed by atoms with Gasteiger partial charge in [-0.2, -0.15) is 0 Å². The van der Waals surface area contributed by atoms with Gasteiger partial charge in [0.05, 0.1) is 10.7 Å². The van der Waals surface area contributed by atoms with E-state index in [2.05, 4.69) is 36.8 Å². The van der Waals surface area contributed by atoms with Crippen molar-refractivity contribution in [2.24, 2.45) is 0 Å². The molecule has 0 aliphatic carbocycles. The van der Waals surface area contributed by atoms with E-state index in [9.17, 15) is 4.79 Å². The number of aromatic nitrogens is 1. The van der Waals surface area contributed by atoms with Gasteiger partial charge < -0.3 is 9.84 Å². The third-order valence-corrected chi connectivity index (χ3v) is 3.19. The van der Waals surface area contributed by atoms with Gasteiger partial charge in [-0.3, -0.25) is 0 Å². The summed E-state index contributed by atoms with van der Waals surface area (Å²) in [5.74, 6) is 0.0393. The summed E-state index contributed by atoms with van der Waals surface area (Å²) >= 11 is 6.72. The van der Waals surface area contributed by atoms with E-state index < -0.39 is 5.97 Å². The Balaban J connectivity index is 2.21. The van der Waals surface area contributed by atoms with Crippen LogP contribution in [0.2, 0.25) is 0 Å². The number of carboxylic acids is 1. The summed E-state index contributed by atoms with van der Waals surface area (Å²) in [6.07, 6.45) is 1.37. The van der Waals surface area contributed by atoms with Crippen molar-refractivity contribution in [1.29, 1.82) is 0 Å². The van der Waals surface area contributed by atoms with Crippen LogP contribution >= 0.6 is 31.9 Å². The van der Waals surface area contributed by atoms with Crippen molar-refractivity contribution in [3.8, 4) is 11.5 Å². The number of aromatic carboxylic acids is 1. The van der Waals surface area contributed by atoms with Crippen LogP contribution in [0.5, 0.6) is 11.5 Å². The molecule has 0 unspecified atom stereocenters. The molecule has 18 heavy (non-hydrogen) atoms. The number of rotatable bonds is 3. The Labute approximate surface area is 120 Å². The molecule has 0 aliphatic heterocycles. The third kappa shape index (κ3) is 3.08. The first kappa shape index (κ1) is 13.0. The molecule has 1 heterocycles. The number of benzene rings is 1. The number of carboxylic acid groups (broad SMARTS) is 1. The summed E-state index contributed by atoms with van der Waals surface area (Å²) in [6.45, 7) is 0. The zero-order valence-electron chi connectivity index (χ0n) is 8.93. The van der Waals surface area contributed by atoms with E-state index in [-0.39, 0.29) is 5.69 Å². The number of ether oxygens (including phenoxy) is 1. The summed E-state index contributed by atoms with van der Waals surface area (Å²) in [7, 11) is 0. The van der Waals surface area contributed by atoms with Crippen LogP contribution in [0, 0.1) is 0 Å². The van der Waals surface area contributed by atoms with Crippen molar-refractivity contribution in [1.82, 2.24) is 4.98 Å². The van der Waals surface area contributed by atoms with Gasteiger partial charge in [0.15, 0.2) is 0 Å². The summed E-state index contributed by atoms with van der Waals surface area (Å²) in [6, 6.07) is 8.45. The van der Waals surface area contributed by atoms with Crippen LogP contribution in [0.4, 0.5) is 0 Å². The van der Waals surface area contributed by atoms with E-state index in [1.165, 1.54) is 12.3 Å². The molecule has 0 amide bonds. The topological polar surface area (TPSA) is 59.4 Å². The summed E-state index contributed by atoms with van der Waals surface area (Å²) in [5.41, 5.74) is -0.0165. The van der Waals surface area contributed by atoms with Crippen LogP contribution in [0.1, 0.15) is 10.5 Å². The lowest BCUT2D eigenvalue weighted by Gasteiger charge is -2.07. The molecule has 2 rings (SSSR count). The molecule has 0 bridgehead atoms. The predicted octanol–water partition coefficient (Wildman–Crippen LogP) is 4.10. The fourth-order valence-corrected chi connectivity index (χ4v) is 2.38. The summed E-state index contributed by atoms with van der Waals surface area (Å²) in [4.78, 5) is 14.4. The van der Waals surface area contributed by atoms with Gasteiger partial charge in [0.1, 0.15) is 17.2 Å². The number of nitrogens with zero attached hydrogens (tertiary/aromatic N) is 1. The molecule has 2 aromatic rings. The average molecular weight is 373 g/mol. The lowest BCUT2D eigenvalue weighted by Crippen LogP contribution is -1.99. The van der Waals surface area contributed by atoms with Crippen LogP contribution in [-0.2, 0) is 0 Å². The van der Waals surface area contributed by atoms with Crippen molar-refractivity contribution in [3.05, 3.63) is 51.2 Å². The predicted molar refractivity (Wildman–Crippen MR) is 73.1 cm³/mol. The van der Waals surface area contributed by atoms with Crippen molar-refractivity contribution >= 4 is 37.8 Å². The Bertz CT molecular complexity index is 584. The normalized spacial score (nSPS) is 10.1.